The van der Waals surface area contributed by atoms with E-state index in [1.165, 1.54) is 23.8 Å². The zero-order valence-electron chi connectivity index (χ0n) is 20.0. The maximum absolute atomic E-state index is 13.4. The number of imidazole rings is 1. The molecule has 0 saturated heterocycles. The quantitative estimate of drug-likeness (QED) is 0.240. The first-order valence-corrected chi connectivity index (χ1v) is 12.6. The zero-order valence-corrected chi connectivity index (χ0v) is 20.8. The molecule has 5 rings (SSSR count). The summed E-state index contributed by atoms with van der Waals surface area (Å²) in [5.74, 6) is 0.377. The molecule has 3 aromatic heterocycles. The summed E-state index contributed by atoms with van der Waals surface area (Å²) in [7, 11) is 0. The van der Waals surface area contributed by atoms with Crippen molar-refractivity contribution in [1.82, 2.24) is 14.4 Å². The number of hydrogen-bond donors (Lipinski definition) is 1. The van der Waals surface area contributed by atoms with Crippen LogP contribution in [0.25, 0.3) is 17.8 Å². The van der Waals surface area contributed by atoms with Crippen LogP contribution in [0.15, 0.2) is 60.3 Å². The molecule has 7 nitrogen and oxygen atoms in total. The van der Waals surface area contributed by atoms with Crippen LogP contribution in [-0.2, 0) is 0 Å². The third kappa shape index (κ3) is 5.39. The third-order valence-corrected chi connectivity index (χ3v) is 6.74. The number of thiazole rings is 1. The van der Waals surface area contributed by atoms with Crippen LogP contribution in [0, 0.1) is 0 Å². The Labute approximate surface area is 216 Å². The van der Waals surface area contributed by atoms with E-state index in [-0.39, 0.29) is 17.4 Å². The summed E-state index contributed by atoms with van der Waals surface area (Å²) in [6.45, 7) is 2.28. The first kappa shape index (κ1) is 24.6. The SMILES string of the molecule is C=C(C)Oc1c(/C=C/c2nc3ccccn3c2C(=O)Nc2nc(C3CCC3)cs2)cccc1OC(F)F. The highest BCUT2D eigenvalue weighted by Crippen LogP contribution is 2.38. The first-order chi connectivity index (χ1) is 17.9. The van der Waals surface area contributed by atoms with Crippen molar-refractivity contribution < 1.29 is 23.0 Å². The average Bonchev–Trinajstić information content (AvgIpc) is 3.41. The van der Waals surface area contributed by atoms with E-state index in [0.29, 0.717) is 39.4 Å². The van der Waals surface area contributed by atoms with Crippen LogP contribution in [-0.4, -0.2) is 26.9 Å². The van der Waals surface area contributed by atoms with Crippen LogP contribution < -0.4 is 14.8 Å². The summed E-state index contributed by atoms with van der Waals surface area (Å²) >= 11 is 1.40. The molecule has 1 fully saturated rings. The molecule has 190 valence electrons. The predicted molar refractivity (Wildman–Crippen MR) is 139 cm³/mol. The molecule has 10 heteroatoms. The van der Waals surface area contributed by atoms with Gasteiger partial charge in [0.2, 0.25) is 0 Å². The lowest BCUT2D eigenvalue weighted by atomic mass is 9.83. The zero-order chi connectivity index (χ0) is 25.9. The number of hydrogen-bond acceptors (Lipinski definition) is 6. The van der Waals surface area contributed by atoms with Gasteiger partial charge in [0.25, 0.3) is 5.91 Å². The van der Waals surface area contributed by atoms with Crippen molar-refractivity contribution in [1.29, 1.82) is 0 Å². The summed E-state index contributed by atoms with van der Waals surface area (Å²) in [5, 5.41) is 5.42. The number of pyridine rings is 1. The van der Waals surface area contributed by atoms with Gasteiger partial charge in [-0.1, -0.05) is 31.2 Å². The fourth-order valence-electron chi connectivity index (χ4n) is 4.05. The van der Waals surface area contributed by atoms with Gasteiger partial charge in [0.15, 0.2) is 16.6 Å². The number of allylic oxidation sites excluding steroid dienone is 1. The van der Waals surface area contributed by atoms with Crippen LogP contribution in [0.2, 0.25) is 0 Å². The Balaban J connectivity index is 1.49. The largest absolute Gasteiger partial charge is 0.458 e. The lowest BCUT2D eigenvalue weighted by molar-refractivity contribution is -0.0511. The topological polar surface area (TPSA) is 77.8 Å². The molecule has 1 N–H and O–H groups in total. The fraction of sp³-hybridized carbons (Fsp3) is 0.222. The van der Waals surface area contributed by atoms with Gasteiger partial charge in [0.05, 0.1) is 17.1 Å². The number of carbonyl (C=O) groups excluding carboxylic acids is 1. The lowest BCUT2D eigenvalue weighted by Crippen LogP contribution is -2.16. The maximum atomic E-state index is 13.4. The Hall–Kier alpha value is -4.05. The molecular weight excluding hydrogens is 498 g/mol. The summed E-state index contributed by atoms with van der Waals surface area (Å²) < 4.78 is 37.8. The monoisotopic (exact) mass is 522 g/mol. The van der Waals surface area contributed by atoms with E-state index in [9.17, 15) is 13.6 Å². The number of para-hydroxylation sites is 1. The van der Waals surface area contributed by atoms with Gasteiger partial charge in [0, 0.05) is 23.1 Å². The molecule has 1 aliphatic carbocycles. The summed E-state index contributed by atoms with van der Waals surface area (Å²) in [6, 6.07) is 10.1. The standard InChI is InChI=1S/C27H24F2N4O3S/c1-16(2)35-24-18(9-6-10-21(24)36-26(28)29)12-13-19-23(33-14-4-3-11-22(33)30-19)25(34)32-27-31-20(15-37-27)17-7-5-8-17/h3-4,6,9-15,17,26H,1,5,7-8H2,2H3,(H,31,32,34)/b13-12+. The van der Waals surface area contributed by atoms with Gasteiger partial charge in [-0.3, -0.25) is 14.5 Å². The number of anilines is 1. The van der Waals surface area contributed by atoms with Gasteiger partial charge in [-0.25, -0.2) is 9.97 Å². The van der Waals surface area contributed by atoms with E-state index < -0.39 is 6.61 Å². The Morgan fingerprint density at radius 2 is 2.05 bits per heavy atom. The summed E-state index contributed by atoms with van der Waals surface area (Å²) in [6.07, 6.45) is 8.48. The van der Waals surface area contributed by atoms with Crippen molar-refractivity contribution in [2.45, 2.75) is 38.7 Å². The Kier molecular flexibility index (Phi) is 7.00. The normalized spacial score (nSPS) is 13.7. The van der Waals surface area contributed by atoms with Crippen LogP contribution in [0.3, 0.4) is 0 Å². The van der Waals surface area contributed by atoms with Gasteiger partial charge < -0.3 is 9.47 Å². The Bertz CT molecular complexity index is 1490. The molecule has 3 heterocycles. The molecule has 1 amide bonds. The molecule has 0 radical (unpaired) electrons. The summed E-state index contributed by atoms with van der Waals surface area (Å²) in [4.78, 5) is 22.6. The molecule has 4 aromatic rings. The Morgan fingerprint density at radius 3 is 2.78 bits per heavy atom. The number of alkyl halides is 2. The lowest BCUT2D eigenvalue weighted by Gasteiger charge is -2.22. The molecule has 0 bridgehead atoms. The molecule has 1 aromatic carbocycles. The first-order valence-electron chi connectivity index (χ1n) is 11.7. The molecule has 1 aliphatic rings. The highest BCUT2D eigenvalue weighted by molar-refractivity contribution is 7.14. The van der Waals surface area contributed by atoms with Crippen molar-refractivity contribution in [2.24, 2.45) is 0 Å². The highest BCUT2D eigenvalue weighted by Gasteiger charge is 2.24. The van der Waals surface area contributed by atoms with Crippen LogP contribution in [0.5, 0.6) is 11.5 Å². The van der Waals surface area contributed by atoms with Crippen molar-refractivity contribution in [3.63, 3.8) is 0 Å². The molecule has 0 spiro atoms. The number of nitrogens with one attached hydrogen (secondary N) is 1. The third-order valence-electron chi connectivity index (χ3n) is 5.96. The van der Waals surface area contributed by atoms with Crippen molar-refractivity contribution in [3.05, 3.63) is 83.0 Å². The number of nitrogens with zero attached hydrogens (tertiary/aromatic N) is 3. The highest BCUT2D eigenvalue weighted by atomic mass is 32.1. The minimum Gasteiger partial charge on any atom is -0.458 e. The second-order valence-electron chi connectivity index (χ2n) is 8.62. The minimum atomic E-state index is -3.02. The minimum absolute atomic E-state index is 0.0904. The molecule has 0 unspecified atom stereocenters. The van der Waals surface area contributed by atoms with Crippen LogP contribution >= 0.6 is 11.3 Å². The molecule has 37 heavy (non-hydrogen) atoms. The van der Waals surface area contributed by atoms with Crippen molar-refractivity contribution in [3.8, 4) is 11.5 Å². The van der Waals surface area contributed by atoms with E-state index in [0.717, 1.165) is 18.5 Å². The van der Waals surface area contributed by atoms with Gasteiger partial charge in [-0.15, -0.1) is 11.3 Å². The van der Waals surface area contributed by atoms with Gasteiger partial charge >= 0.3 is 6.61 Å². The molecule has 0 aliphatic heterocycles. The van der Waals surface area contributed by atoms with Gasteiger partial charge in [-0.05, 0) is 50.1 Å². The molecular formula is C27H24F2N4O3S. The Morgan fingerprint density at radius 1 is 1.22 bits per heavy atom. The average molecular weight is 523 g/mol. The second kappa shape index (κ2) is 10.5. The number of rotatable bonds is 9. The van der Waals surface area contributed by atoms with E-state index in [4.69, 9.17) is 4.74 Å². The number of benzene rings is 1. The van der Waals surface area contributed by atoms with Gasteiger partial charge in [0.1, 0.15) is 11.3 Å². The number of ether oxygens (including phenoxy) is 2. The predicted octanol–water partition coefficient (Wildman–Crippen LogP) is 6.99. The van der Waals surface area contributed by atoms with E-state index >= 15 is 0 Å². The number of halogens is 2. The van der Waals surface area contributed by atoms with E-state index in [1.807, 2.05) is 11.4 Å². The summed E-state index contributed by atoms with van der Waals surface area (Å²) in [5.41, 5.74) is 2.75. The van der Waals surface area contributed by atoms with Gasteiger partial charge in [-0.2, -0.15) is 8.78 Å². The maximum Gasteiger partial charge on any atom is 0.387 e. The van der Waals surface area contributed by atoms with Crippen LogP contribution in [0.1, 0.15) is 59.5 Å². The van der Waals surface area contributed by atoms with Crippen molar-refractivity contribution in [2.75, 3.05) is 5.32 Å². The van der Waals surface area contributed by atoms with Crippen LogP contribution in [0.4, 0.5) is 13.9 Å². The van der Waals surface area contributed by atoms with E-state index in [2.05, 4.69) is 26.6 Å². The smallest absolute Gasteiger partial charge is 0.387 e. The fourth-order valence-corrected chi connectivity index (χ4v) is 4.84. The van der Waals surface area contributed by atoms with Crippen molar-refractivity contribution >= 4 is 40.2 Å². The number of aromatic nitrogens is 3. The molecule has 1 saturated carbocycles. The molecule has 0 atom stereocenters. The number of amides is 1. The number of carbonyl (C=O) groups is 1. The van der Waals surface area contributed by atoms with E-state index in [1.54, 1.807) is 53.9 Å². The second-order valence-corrected chi connectivity index (χ2v) is 9.48. The number of fused-ring (bicyclic) bond motifs is 1.